The molecule has 6 heteroatoms. The first-order valence-corrected chi connectivity index (χ1v) is 4.84. The van der Waals surface area contributed by atoms with Gasteiger partial charge in [0.25, 0.3) is 11.4 Å². The van der Waals surface area contributed by atoms with Crippen LogP contribution in [-0.2, 0) is 7.05 Å². The number of rotatable bonds is 2. The lowest BCUT2D eigenvalue weighted by molar-refractivity contribution is 0.418. The molecule has 6 nitrogen and oxygen atoms in total. The molecular weight excluding hydrogens is 208 g/mol. The van der Waals surface area contributed by atoms with Crippen molar-refractivity contribution in [2.75, 3.05) is 0 Å². The second kappa shape index (κ2) is 3.90. The molecule has 2 aromatic heterocycles. The number of aromatic nitrogens is 3. The molecule has 0 aliphatic carbocycles. The van der Waals surface area contributed by atoms with Crippen LogP contribution in [0, 0.1) is 0 Å². The van der Waals surface area contributed by atoms with Crippen LogP contribution < -0.4 is 11.3 Å². The van der Waals surface area contributed by atoms with Gasteiger partial charge < -0.3 is 14.8 Å². The Kier molecular flexibility index (Phi) is 2.57. The molecule has 1 atom stereocenters. The van der Waals surface area contributed by atoms with Gasteiger partial charge in [0.15, 0.2) is 5.82 Å². The third-order valence-corrected chi connectivity index (χ3v) is 2.20. The van der Waals surface area contributed by atoms with Crippen molar-refractivity contribution in [2.24, 2.45) is 12.8 Å². The molecule has 0 saturated carbocycles. The Morgan fingerprint density at radius 3 is 2.88 bits per heavy atom. The molecule has 0 radical (unpaired) electrons. The first-order chi connectivity index (χ1) is 7.58. The van der Waals surface area contributed by atoms with Gasteiger partial charge >= 0.3 is 0 Å². The maximum atomic E-state index is 11.4. The number of hydrogen-bond acceptors (Lipinski definition) is 5. The van der Waals surface area contributed by atoms with E-state index in [0.29, 0.717) is 17.3 Å². The summed E-state index contributed by atoms with van der Waals surface area (Å²) in [5.74, 6) is 0.737. The lowest BCUT2D eigenvalue weighted by Gasteiger charge is -1.97. The molecule has 0 aliphatic heterocycles. The van der Waals surface area contributed by atoms with Crippen LogP contribution in [0.3, 0.4) is 0 Å². The van der Waals surface area contributed by atoms with Crippen LogP contribution in [0.4, 0.5) is 0 Å². The highest BCUT2D eigenvalue weighted by molar-refractivity contribution is 5.51. The molecule has 2 N–H and O–H groups in total. The van der Waals surface area contributed by atoms with Gasteiger partial charge in [-0.1, -0.05) is 5.16 Å². The second-order valence-electron chi connectivity index (χ2n) is 3.61. The van der Waals surface area contributed by atoms with Gasteiger partial charge in [-0.2, -0.15) is 4.98 Å². The summed E-state index contributed by atoms with van der Waals surface area (Å²) in [6, 6.07) is 2.89. The van der Waals surface area contributed by atoms with Crippen LogP contribution in [0.25, 0.3) is 11.5 Å². The number of nitrogens with zero attached hydrogens (tertiary/aromatic N) is 3. The van der Waals surface area contributed by atoms with Crippen molar-refractivity contribution in [2.45, 2.75) is 13.0 Å². The minimum Gasteiger partial charge on any atom is -0.334 e. The largest absolute Gasteiger partial charge is 0.334 e. The van der Waals surface area contributed by atoms with Crippen LogP contribution >= 0.6 is 0 Å². The highest BCUT2D eigenvalue weighted by atomic mass is 16.5. The molecule has 84 valence electrons. The minimum atomic E-state index is -0.288. The Balaban J connectivity index is 2.43. The number of aryl methyl sites for hydroxylation is 1. The molecule has 0 aromatic carbocycles. The highest BCUT2D eigenvalue weighted by Crippen LogP contribution is 2.16. The molecule has 0 spiro atoms. The molecule has 1 unspecified atom stereocenters. The number of nitrogens with two attached hydrogens (primary N) is 1. The molecule has 0 fully saturated rings. The molecule has 0 amide bonds. The summed E-state index contributed by atoms with van der Waals surface area (Å²) in [6.07, 6.45) is 1.65. The Morgan fingerprint density at radius 1 is 1.56 bits per heavy atom. The average molecular weight is 220 g/mol. The number of hydrogen-bond donors (Lipinski definition) is 1. The number of pyridine rings is 1. The third kappa shape index (κ3) is 1.87. The van der Waals surface area contributed by atoms with Crippen LogP contribution in [-0.4, -0.2) is 14.7 Å². The summed E-state index contributed by atoms with van der Waals surface area (Å²) >= 11 is 0. The zero-order valence-corrected chi connectivity index (χ0v) is 9.04. The lowest BCUT2D eigenvalue weighted by atomic mass is 10.2. The fraction of sp³-hybridized carbons (Fsp3) is 0.300. The zero-order valence-electron chi connectivity index (χ0n) is 9.04. The van der Waals surface area contributed by atoms with E-state index in [-0.39, 0.29) is 11.6 Å². The summed E-state index contributed by atoms with van der Waals surface area (Å²) in [7, 11) is 1.67. The van der Waals surface area contributed by atoms with Gasteiger partial charge in [0.1, 0.15) is 0 Å². The van der Waals surface area contributed by atoms with Crippen molar-refractivity contribution in [1.29, 1.82) is 0 Å². The van der Waals surface area contributed by atoms with Gasteiger partial charge in [-0.25, -0.2) is 0 Å². The van der Waals surface area contributed by atoms with Crippen molar-refractivity contribution in [3.8, 4) is 11.5 Å². The summed E-state index contributed by atoms with van der Waals surface area (Å²) in [5, 5.41) is 3.72. The molecular formula is C10H12N4O2. The Morgan fingerprint density at radius 2 is 2.31 bits per heavy atom. The van der Waals surface area contributed by atoms with Crippen molar-refractivity contribution < 1.29 is 4.52 Å². The Hall–Kier alpha value is -1.95. The SMILES string of the molecule is CC(N)c1noc(-c2ccn(C)c(=O)c2)n1. The second-order valence-corrected chi connectivity index (χ2v) is 3.61. The van der Waals surface area contributed by atoms with Gasteiger partial charge in [-0.05, 0) is 13.0 Å². The van der Waals surface area contributed by atoms with E-state index < -0.39 is 0 Å². The molecule has 2 heterocycles. The van der Waals surface area contributed by atoms with Crippen LogP contribution in [0.1, 0.15) is 18.8 Å². The van der Waals surface area contributed by atoms with E-state index in [1.807, 2.05) is 0 Å². The molecule has 0 bridgehead atoms. The summed E-state index contributed by atoms with van der Waals surface area (Å²) in [4.78, 5) is 15.5. The van der Waals surface area contributed by atoms with E-state index in [0.717, 1.165) is 0 Å². The Bertz CT molecular complexity index is 556. The minimum absolute atomic E-state index is 0.127. The molecule has 2 aromatic rings. The quantitative estimate of drug-likeness (QED) is 0.794. The monoisotopic (exact) mass is 220 g/mol. The molecule has 16 heavy (non-hydrogen) atoms. The van der Waals surface area contributed by atoms with Crippen LogP contribution in [0.2, 0.25) is 0 Å². The smallest absolute Gasteiger partial charge is 0.258 e. The maximum Gasteiger partial charge on any atom is 0.258 e. The van der Waals surface area contributed by atoms with E-state index in [4.69, 9.17) is 10.3 Å². The van der Waals surface area contributed by atoms with E-state index in [1.165, 1.54) is 10.6 Å². The van der Waals surface area contributed by atoms with E-state index in [2.05, 4.69) is 10.1 Å². The van der Waals surface area contributed by atoms with Gasteiger partial charge in [0.05, 0.1) is 6.04 Å². The highest BCUT2D eigenvalue weighted by Gasteiger charge is 2.11. The zero-order chi connectivity index (χ0) is 11.7. The van der Waals surface area contributed by atoms with Crippen molar-refractivity contribution in [3.63, 3.8) is 0 Å². The lowest BCUT2D eigenvalue weighted by Crippen LogP contribution is -2.14. The van der Waals surface area contributed by atoms with Gasteiger partial charge in [0, 0.05) is 24.9 Å². The summed E-state index contributed by atoms with van der Waals surface area (Å²) in [5.41, 5.74) is 6.08. The van der Waals surface area contributed by atoms with Crippen molar-refractivity contribution in [1.82, 2.24) is 14.7 Å². The van der Waals surface area contributed by atoms with Crippen molar-refractivity contribution >= 4 is 0 Å². The predicted molar refractivity (Wildman–Crippen MR) is 57.6 cm³/mol. The van der Waals surface area contributed by atoms with E-state index in [9.17, 15) is 4.79 Å². The van der Waals surface area contributed by atoms with Gasteiger partial charge in [-0.3, -0.25) is 4.79 Å². The van der Waals surface area contributed by atoms with Gasteiger partial charge in [0.2, 0.25) is 0 Å². The first kappa shape index (κ1) is 10.6. The standard InChI is InChI=1S/C10H12N4O2/c1-6(11)9-12-10(16-13-9)7-3-4-14(2)8(15)5-7/h3-6H,11H2,1-2H3. The van der Waals surface area contributed by atoms with Crippen LogP contribution in [0.5, 0.6) is 0 Å². The summed E-state index contributed by atoms with van der Waals surface area (Å²) < 4.78 is 6.48. The van der Waals surface area contributed by atoms with Crippen molar-refractivity contribution in [3.05, 3.63) is 34.5 Å². The maximum absolute atomic E-state index is 11.4. The fourth-order valence-corrected chi connectivity index (χ4v) is 1.22. The van der Waals surface area contributed by atoms with Gasteiger partial charge in [-0.15, -0.1) is 0 Å². The first-order valence-electron chi connectivity index (χ1n) is 4.84. The average Bonchev–Trinajstić information content (AvgIpc) is 2.71. The van der Waals surface area contributed by atoms with E-state index in [1.54, 1.807) is 26.2 Å². The van der Waals surface area contributed by atoms with E-state index >= 15 is 0 Å². The fourth-order valence-electron chi connectivity index (χ4n) is 1.22. The molecule has 2 rings (SSSR count). The predicted octanol–water partition coefficient (Wildman–Crippen LogP) is 0.455. The third-order valence-electron chi connectivity index (χ3n) is 2.20. The topological polar surface area (TPSA) is 86.9 Å². The molecule has 0 aliphatic rings. The molecule has 0 saturated heterocycles. The van der Waals surface area contributed by atoms with Crippen LogP contribution in [0.15, 0.2) is 27.6 Å². The normalized spacial score (nSPS) is 12.7. The Labute approximate surface area is 91.7 Å². The summed E-state index contributed by atoms with van der Waals surface area (Å²) in [6.45, 7) is 1.76.